The molecule has 142 valence electrons. The summed E-state index contributed by atoms with van der Waals surface area (Å²) in [5.41, 5.74) is 1.27. The fourth-order valence-electron chi connectivity index (χ4n) is 3.34. The van der Waals surface area contributed by atoms with Gasteiger partial charge in [0.15, 0.2) is 5.16 Å². The van der Waals surface area contributed by atoms with Crippen LogP contribution in [0, 0.1) is 5.92 Å². The molecule has 2 aromatic heterocycles. The number of aryl methyl sites for hydroxylation is 1. The van der Waals surface area contributed by atoms with Crippen LogP contribution in [0.1, 0.15) is 51.0 Å². The Balaban J connectivity index is 1.91. The summed E-state index contributed by atoms with van der Waals surface area (Å²) in [7, 11) is 0. The lowest BCUT2D eigenvalue weighted by atomic mass is 9.89. The van der Waals surface area contributed by atoms with Gasteiger partial charge in [-0.25, -0.2) is 4.98 Å². The second kappa shape index (κ2) is 8.13. The molecule has 0 saturated carbocycles. The maximum atomic E-state index is 13.1. The summed E-state index contributed by atoms with van der Waals surface area (Å²) in [4.78, 5) is 32.1. The summed E-state index contributed by atoms with van der Waals surface area (Å²) in [5, 5.41) is 4.42. The molecule has 0 aliphatic heterocycles. The van der Waals surface area contributed by atoms with Gasteiger partial charge in [-0.1, -0.05) is 25.6 Å². The average molecular weight is 394 g/mol. The molecule has 0 fully saturated rings. The molecule has 1 aliphatic rings. The molecular formula is C19H27N3O2S2. The van der Waals surface area contributed by atoms with Crippen LogP contribution in [0.3, 0.4) is 0 Å². The Morgan fingerprint density at radius 2 is 2.23 bits per heavy atom. The van der Waals surface area contributed by atoms with Crippen molar-refractivity contribution in [3.8, 4) is 0 Å². The highest BCUT2D eigenvalue weighted by Gasteiger charge is 2.24. The van der Waals surface area contributed by atoms with Crippen LogP contribution in [0.5, 0.6) is 0 Å². The van der Waals surface area contributed by atoms with Crippen LogP contribution in [-0.4, -0.2) is 27.3 Å². The predicted octanol–water partition coefficient (Wildman–Crippen LogP) is 3.61. The number of nitrogens with one attached hydrogen (secondary N) is 1. The lowest BCUT2D eigenvalue weighted by molar-refractivity contribution is -0.119. The molecule has 3 rings (SSSR count). The molecule has 2 aromatic rings. The SMILES string of the molecule is CC[C@H](C)NC(=O)CSc1nc2sc3c(c2c(=O)n1CC)CC[C@H](C)C3. The number of rotatable bonds is 6. The summed E-state index contributed by atoms with van der Waals surface area (Å²) in [6, 6.07) is 0.165. The zero-order valence-corrected chi connectivity index (χ0v) is 17.6. The number of amides is 1. The van der Waals surface area contributed by atoms with E-state index in [9.17, 15) is 9.59 Å². The maximum absolute atomic E-state index is 13.1. The summed E-state index contributed by atoms with van der Waals surface area (Å²) >= 11 is 3.02. The van der Waals surface area contributed by atoms with Crippen LogP contribution >= 0.6 is 23.1 Å². The standard InChI is InChI=1S/C19H27N3O2S2/c1-5-12(4)20-15(23)10-25-19-21-17-16(18(24)22(19)6-2)13-8-7-11(3)9-14(13)26-17/h11-12H,5-10H2,1-4H3,(H,20,23)/t11-,12-/m0/s1. The molecule has 5 nitrogen and oxygen atoms in total. The van der Waals surface area contributed by atoms with E-state index in [0.29, 0.717) is 17.6 Å². The number of hydrogen-bond donors (Lipinski definition) is 1. The second-order valence-electron chi connectivity index (χ2n) is 7.14. The normalized spacial score (nSPS) is 17.9. The number of aromatic nitrogens is 2. The lowest BCUT2D eigenvalue weighted by Gasteiger charge is -2.17. The average Bonchev–Trinajstić information content (AvgIpc) is 2.97. The van der Waals surface area contributed by atoms with Gasteiger partial charge in [0.05, 0.1) is 11.1 Å². The zero-order valence-electron chi connectivity index (χ0n) is 15.9. The maximum Gasteiger partial charge on any atom is 0.263 e. The number of thiophene rings is 1. The van der Waals surface area contributed by atoms with Gasteiger partial charge in [-0.2, -0.15) is 0 Å². The largest absolute Gasteiger partial charge is 0.353 e. The monoisotopic (exact) mass is 393 g/mol. The fourth-order valence-corrected chi connectivity index (χ4v) is 5.64. The van der Waals surface area contributed by atoms with Crippen molar-refractivity contribution in [2.45, 2.75) is 71.1 Å². The van der Waals surface area contributed by atoms with E-state index in [0.717, 1.165) is 35.9 Å². The van der Waals surface area contributed by atoms with Crippen molar-refractivity contribution in [1.29, 1.82) is 0 Å². The first kappa shape index (κ1) is 19.4. The van der Waals surface area contributed by atoms with E-state index in [1.54, 1.807) is 15.9 Å². The predicted molar refractivity (Wildman–Crippen MR) is 109 cm³/mol. The molecule has 0 bridgehead atoms. The van der Waals surface area contributed by atoms with Gasteiger partial charge in [0, 0.05) is 17.5 Å². The van der Waals surface area contributed by atoms with Crippen molar-refractivity contribution in [2.75, 3.05) is 5.75 Å². The van der Waals surface area contributed by atoms with Crippen molar-refractivity contribution in [3.63, 3.8) is 0 Å². The summed E-state index contributed by atoms with van der Waals surface area (Å²) in [5.74, 6) is 0.937. The van der Waals surface area contributed by atoms with Gasteiger partial charge < -0.3 is 5.32 Å². The first-order valence-corrected chi connectivity index (χ1v) is 11.2. The number of carbonyl (C=O) groups excluding carboxylic acids is 1. The van der Waals surface area contributed by atoms with Crippen LogP contribution < -0.4 is 10.9 Å². The summed E-state index contributed by atoms with van der Waals surface area (Å²) < 4.78 is 1.72. The molecule has 0 aromatic carbocycles. The minimum Gasteiger partial charge on any atom is -0.353 e. The van der Waals surface area contributed by atoms with Crippen molar-refractivity contribution in [2.24, 2.45) is 5.92 Å². The quantitative estimate of drug-likeness (QED) is 0.601. The van der Waals surface area contributed by atoms with E-state index in [-0.39, 0.29) is 23.3 Å². The van der Waals surface area contributed by atoms with Gasteiger partial charge >= 0.3 is 0 Å². The molecule has 1 amide bonds. The molecule has 0 radical (unpaired) electrons. The van der Waals surface area contributed by atoms with E-state index < -0.39 is 0 Å². The minimum atomic E-state index is -0.0133. The first-order valence-electron chi connectivity index (χ1n) is 9.41. The Morgan fingerprint density at radius 1 is 1.46 bits per heavy atom. The third-order valence-corrected chi connectivity index (χ3v) is 7.17. The van der Waals surface area contributed by atoms with E-state index in [1.807, 2.05) is 20.8 Å². The van der Waals surface area contributed by atoms with Crippen LogP contribution in [-0.2, 0) is 24.2 Å². The van der Waals surface area contributed by atoms with E-state index in [2.05, 4.69) is 12.2 Å². The number of fused-ring (bicyclic) bond motifs is 3. The number of carbonyl (C=O) groups is 1. The third-order valence-electron chi connectivity index (χ3n) is 5.05. The van der Waals surface area contributed by atoms with Gasteiger partial charge in [0.1, 0.15) is 4.83 Å². The Bertz CT molecular complexity index is 872. The van der Waals surface area contributed by atoms with Gasteiger partial charge in [-0.05, 0) is 51.0 Å². The van der Waals surface area contributed by atoms with Crippen molar-refractivity contribution < 1.29 is 4.79 Å². The highest BCUT2D eigenvalue weighted by molar-refractivity contribution is 7.99. The first-order chi connectivity index (χ1) is 12.4. The number of nitrogens with zero attached hydrogens (tertiary/aromatic N) is 2. The van der Waals surface area contributed by atoms with Gasteiger partial charge in [-0.3, -0.25) is 14.2 Å². The number of thioether (sulfide) groups is 1. The highest BCUT2D eigenvalue weighted by atomic mass is 32.2. The van der Waals surface area contributed by atoms with Crippen LogP contribution in [0.4, 0.5) is 0 Å². The summed E-state index contributed by atoms with van der Waals surface area (Å²) in [6.07, 6.45) is 4.05. The van der Waals surface area contributed by atoms with E-state index in [4.69, 9.17) is 4.98 Å². The van der Waals surface area contributed by atoms with Crippen LogP contribution in [0.15, 0.2) is 9.95 Å². The Morgan fingerprint density at radius 3 is 2.92 bits per heavy atom. The van der Waals surface area contributed by atoms with Crippen LogP contribution in [0.2, 0.25) is 0 Å². The molecular weight excluding hydrogens is 366 g/mol. The topological polar surface area (TPSA) is 64.0 Å². The second-order valence-corrected chi connectivity index (χ2v) is 9.17. The lowest BCUT2D eigenvalue weighted by Crippen LogP contribution is -2.33. The van der Waals surface area contributed by atoms with Crippen molar-refractivity contribution in [3.05, 3.63) is 20.8 Å². The molecule has 26 heavy (non-hydrogen) atoms. The molecule has 0 saturated heterocycles. The van der Waals surface area contributed by atoms with Crippen molar-refractivity contribution in [1.82, 2.24) is 14.9 Å². The summed E-state index contributed by atoms with van der Waals surface area (Å²) in [6.45, 7) is 8.83. The minimum absolute atomic E-state index is 0.0133. The fraction of sp³-hybridized carbons (Fsp3) is 0.632. The molecule has 1 aliphatic carbocycles. The van der Waals surface area contributed by atoms with Crippen LogP contribution in [0.25, 0.3) is 10.2 Å². The molecule has 2 heterocycles. The third kappa shape index (κ3) is 3.83. The molecule has 1 N–H and O–H groups in total. The Hall–Kier alpha value is -1.34. The molecule has 0 spiro atoms. The molecule has 2 atom stereocenters. The van der Waals surface area contributed by atoms with Gasteiger partial charge in [0.25, 0.3) is 5.56 Å². The van der Waals surface area contributed by atoms with Gasteiger partial charge in [-0.15, -0.1) is 11.3 Å². The number of hydrogen-bond acceptors (Lipinski definition) is 5. The Kier molecular flexibility index (Phi) is 6.07. The van der Waals surface area contributed by atoms with E-state index in [1.165, 1.54) is 22.2 Å². The van der Waals surface area contributed by atoms with Crippen molar-refractivity contribution >= 4 is 39.2 Å². The van der Waals surface area contributed by atoms with E-state index >= 15 is 0 Å². The zero-order chi connectivity index (χ0) is 18.8. The highest BCUT2D eigenvalue weighted by Crippen LogP contribution is 2.36. The molecule has 7 heteroatoms. The smallest absolute Gasteiger partial charge is 0.263 e. The molecule has 0 unspecified atom stereocenters. The Labute approximate surface area is 162 Å². The van der Waals surface area contributed by atoms with Gasteiger partial charge in [0.2, 0.25) is 5.91 Å².